The largest absolute Gasteiger partial charge is 0.381 e. The van der Waals surface area contributed by atoms with Crippen molar-refractivity contribution in [1.29, 1.82) is 0 Å². The Morgan fingerprint density at radius 1 is 1.29 bits per heavy atom. The molecule has 3 heteroatoms. The molecule has 0 bridgehead atoms. The highest BCUT2D eigenvalue weighted by Gasteiger charge is 2.27. The maximum Gasteiger partial charge on any atom is 0.0750 e. The summed E-state index contributed by atoms with van der Waals surface area (Å²) in [6, 6.07) is 0.470. The molecule has 1 N–H and O–H groups in total. The van der Waals surface area contributed by atoms with Crippen LogP contribution in [0.3, 0.4) is 0 Å². The monoisotopic (exact) mass is 243 g/mol. The van der Waals surface area contributed by atoms with Crippen molar-refractivity contribution in [3.05, 3.63) is 0 Å². The summed E-state index contributed by atoms with van der Waals surface area (Å²) in [5.74, 6) is 1.36. The Morgan fingerprint density at radius 3 is 2.41 bits per heavy atom. The number of rotatable bonds is 7. The van der Waals surface area contributed by atoms with Crippen LogP contribution in [0.1, 0.15) is 40.0 Å². The first-order valence-corrected chi connectivity index (χ1v) is 7.05. The molecule has 1 saturated heterocycles. The normalized spacial score (nSPS) is 21.7. The lowest BCUT2D eigenvalue weighted by atomic mass is 9.87. The van der Waals surface area contributed by atoms with Crippen LogP contribution in [-0.2, 0) is 9.47 Å². The fourth-order valence-corrected chi connectivity index (χ4v) is 2.72. The highest BCUT2D eigenvalue weighted by molar-refractivity contribution is 4.82. The molecular weight excluding hydrogens is 214 g/mol. The van der Waals surface area contributed by atoms with Gasteiger partial charge in [-0.2, -0.15) is 0 Å². The van der Waals surface area contributed by atoms with Crippen LogP contribution < -0.4 is 5.32 Å². The summed E-state index contributed by atoms with van der Waals surface area (Å²) >= 11 is 0. The highest BCUT2D eigenvalue weighted by Crippen LogP contribution is 2.24. The van der Waals surface area contributed by atoms with Crippen molar-refractivity contribution in [2.45, 2.75) is 52.2 Å². The van der Waals surface area contributed by atoms with E-state index >= 15 is 0 Å². The third-order valence-corrected chi connectivity index (χ3v) is 3.71. The average molecular weight is 243 g/mol. The van der Waals surface area contributed by atoms with Crippen molar-refractivity contribution in [3.8, 4) is 0 Å². The zero-order valence-electron chi connectivity index (χ0n) is 11.9. The summed E-state index contributed by atoms with van der Waals surface area (Å²) in [5, 5.41) is 3.45. The van der Waals surface area contributed by atoms with E-state index in [1.165, 1.54) is 19.3 Å². The number of nitrogens with one attached hydrogen (secondary N) is 1. The summed E-state index contributed by atoms with van der Waals surface area (Å²) in [6.07, 6.45) is 3.94. The molecule has 0 saturated carbocycles. The third kappa shape index (κ3) is 4.94. The number of hydrogen-bond donors (Lipinski definition) is 1. The molecule has 1 fully saturated rings. The van der Waals surface area contributed by atoms with Gasteiger partial charge in [0.1, 0.15) is 0 Å². The van der Waals surface area contributed by atoms with Crippen molar-refractivity contribution in [3.63, 3.8) is 0 Å². The number of hydrogen-bond acceptors (Lipinski definition) is 3. The van der Waals surface area contributed by atoms with Crippen molar-refractivity contribution < 1.29 is 9.47 Å². The molecule has 0 aromatic rings. The molecule has 0 radical (unpaired) electrons. The van der Waals surface area contributed by atoms with Crippen molar-refractivity contribution >= 4 is 0 Å². The van der Waals surface area contributed by atoms with Gasteiger partial charge >= 0.3 is 0 Å². The second kappa shape index (κ2) is 8.06. The second-order valence-electron chi connectivity index (χ2n) is 5.35. The summed E-state index contributed by atoms with van der Waals surface area (Å²) in [4.78, 5) is 0. The third-order valence-electron chi connectivity index (χ3n) is 3.71. The fraction of sp³-hybridized carbons (Fsp3) is 1.00. The van der Waals surface area contributed by atoms with E-state index in [9.17, 15) is 0 Å². The molecule has 0 amide bonds. The summed E-state index contributed by atoms with van der Waals surface area (Å²) in [6.45, 7) is 9.23. The molecule has 0 spiro atoms. The molecule has 0 aliphatic carbocycles. The summed E-state index contributed by atoms with van der Waals surface area (Å²) < 4.78 is 11.3. The van der Waals surface area contributed by atoms with E-state index in [0.29, 0.717) is 18.1 Å². The molecule has 0 aromatic carbocycles. The minimum atomic E-state index is 0.327. The van der Waals surface area contributed by atoms with Gasteiger partial charge in [0.25, 0.3) is 0 Å². The van der Waals surface area contributed by atoms with Crippen LogP contribution in [0.2, 0.25) is 0 Å². The van der Waals surface area contributed by atoms with Gasteiger partial charge in [-0.1, -0.05) is 13.8 Å². The van der Waals surface area contributed by atoms with E-state index < -0.39 is 0 Å². The van der Waals surface area contributed by atoms with Crippen LogP contribution in [0, 0.1) is 11.8 Å². The van der Waals surface area contributed by atoms with Gasteiger partial charge in [-0.05, 0) is 45.1 Å². The lowest BCUT2D eigenvalue weighted by Gasteiger charge is -2.33. The minimum Gasteiger partial charge on any atom is -0.381 e. The minimum absolute atomic E-state index is 0.327. The van der Waals surface area contributed by atoms with Crippen molar-refractivity contribution in [2.75, 3.05) is 26.9 Å². The van der Waals surface area contributed by atoms with E-state index in [0.717, 1.165) is 25.7 Å². The predicted molar refractivity (Wildman–Crippen MR) is 71.3 cm³/mol. The Bertz CT molecular complexity index is 191. The standard InChI is InChI=1S/C14H29NO2/c1-5-17-14(11(2)3)13(15-4)10-12-6-8-16-9-7-12/h11-15H,5-10H2,1-4H3. The lowest BCUT2D eigenvalue weighted by Crippen LogP contribution is -2.44. The quantitative estimate of drug-likeness (QED) is 0.745. The Labute approximate surface area is 106 Å². The average Bonchev–Trinajstić information content (AvgIpc) is 2.34. The topological polar surface area (TPSA) is 30.5 Å². The van der Waals surface area contributed by atoms with Crippen LogP contribution in [0.5, 0.6) is 0 Å². The highest BCUT2D eigenvalue weighted by atomic mass is 16.5. The van der Waals surface area contributed by atoms with Gasteiger partial charge in [-0.15, -0.1) is 0 Å². The predicted octanol–water partition coefficient (Wildman–Crippen LogP) is 2.45. The first-order valence-electron chi connectivity index (χ1n) is 7.05. The smallest absolute Gasteiger partial charge is 0.0750 e. The van der Waals surface area contributed by atoms with Crippen LogP contribution in [0.4, 0.5) is 0 Å². The van der Waals surface area contributed by atoms with Gasteiger partial charge < -0.3 is 14.8 Å². The van der Waals surface area contributed by atoms with Gasteiger partial charge in [0.2, 0.25) is 0 Å². The van der Waals surface area contributed by atoms with Gasteiger partial charge in [-0.3, -0.25) is 0 Å². The van der Waals surface area contributed by atoms with Crippen LogP contribution in [0.25, 0.3) is 0 Å². The van der Waals surface area contributed by atoms with E-state index in [4.69, 9.17) is 9.47 Å². The van der Waals surface area contributed by atoms with Gasteiger partial charge in [0, 0.05) is 25.9 Å². The summed E-state index contributed by atoms with van der Waals surface area (Å²) in [7, 11) is 2.05. The lowest BCUT2D eigenvalue weighted by molar-refractivity contribution is -0.00853. The Kier molecular flexibility index (Phi) is 7.09. The number of ether oxygens (including phenoxy) is 2. The first-order chi connectivity index (χ1) is 8.19. The molecule has 1 aliphatic rings. The van der Waals surface area contributed by atoms with Crippen LogP contribution >= 0.6 is 0 Å². The molecule has 1 rings (SSSR count). The van der Waals surface area contributed by atoms with Crippen molar-refractivity contribution in [1.82, 2.24) is 5.32 Å². The zero-order chi connectivity index (χ0) is 12.7. The molecule has 1 heterocycles. The molecule has 17 heavy (non-hydrogen) atoms. The SMILES string of the molecule is CCOC(C(C)C)C(CC1CCOCC1)NC. The number of likely N-dealkylation sites (N-methyl/N-ethyl adjacent to an activating group) is 1. The fourth-order valence-electron chi connectivity index (χ4n) is 2.72. The first kappa shape index (κ1) is 14.9. The molecule has 2 atom stereocenters. The maximum atomic E-state index is 5.90. The molecule has 2 unspecified atom stereocenters. The molecule has 3 nitrogen and oxygen atoms in total. The zero-order valence-corrected chi connectivity index (χ0v) is 11.9. The van der Waals surface area contributed by atoms with Gasteiger partial charge in [0.05, 0.1) is 6.10 Å². The van der Waals surface area contributed by atoms with E-state index in [1.54, 1.807) is 0 Å². The maximum absolute atomic E-state index is 5.90. The van der Waals surface area contributed by atoms with E-state index in [2.05, 4.69) is 33.1 Å². The molecule has 1 aliphatic heterocycles. The van der Waals surface area contributed by atoms with E-state index in [1.807, 2.05) is 0 Å². The molecule has 0 aromatic heterocycles. The van der Waals surface area contributed by atoms with Gasteiger partial charge in [0.15, 0.2) is 0 Å². The molecular formula is C14H29NO2. The van der Waals surface area contributed by atoms with Gasteiger partial charge in [-0.25, -0.2) is 0 Å². The van der Waals surface area contributed by atoms with Crippen LogP contribution in [0.15, 0.2) is 0 Å². The molecule has 102 valence electrons. The summed E-state index contributed by atoms with van der Waals surface area (Å²) in [5.41, 5.74) is 0. The second-order valence-corrected chi connectivity index (χ2v) is 5.35. The Hall–Kier alpha value is -0.120. The van der Waals surface area contributed by atoms with Crippen LogP contribution in [-0.4, -0.2) is 39.0 Å². The Morgan fingerprint density at radius 2 is 1.94 bits per heavy atom. The van der Waals surface area contributed by atoms with Crippen molar-refractivity contribution in [2.24, 2.45) is 11.8 Å². The van der Waals surface area contributed by atoms with E-state index in [-0.39, 0.29) is 0 Å². The Balaban J connectivity index is 2.48.